The second-order valence-electron chi connectivity index (χ2n) is 2.08. The van der Waals surface area contributed by atoms with E-state index < -0.39 is 18.4 Å². The molecule has 0 spiro atoms. The molecule has 1 N–H and O–H groups in total. The van der Waals surface area contributed by atoms with Gasteiger partial charge in [0.25, 0.3) is 0 Å². The molecule has 1 rings (SSSR count). The van der Waals surface area contributed by atoms with Gasteiger partial charge >= 0.3 is 18.4 Å². The first kappa shape index (κ1) is 14.1. The number of benzene rings is 1. The molecule has 0 saturated carbocycles. The molecule has 0 bridgehead atoms. The van der Waals surface area contributed by atoms with Gasteiger partial charge in [0.1, 0.15) is 0 Å². The van der Waals surface area contributed by atoms with Gasteiger partial charge in [-0.1, -0.05) is 18.2 Å². The zero-order chi connectivity index (χ0) is 9.90. The van der Waals surface area contributed by atoms with E-state index in [-0.39, 0.29) is 31.1 Å². The molecule has 0 aromatic heterocycles. The SMILES string of the molecule is O=[P+](O)OS(=O)(=O)c1ccccc1.[Zr]. The largest absolute Gasteiger partial charge is 0.712 e. The number of hydrogen-bond acceptors (Lipinski definition) is 4. The Balaban J connectivity index is 0.00000169. The average Bonchev–Trinajstić information content (AvgIpc) is 2.04. The van der Waals surface area contributed by atoms with Gasteiger partial charge in [0.05, 0.1) is 4.90 Å². The van der Waals surface area contributed by atoms with E-state index in [2.05, 4.69) is 3.97 Å². The summed E-state index contributed by atoms with van der Waals surface area (Å²) in [6, 6.07) is 7.14. The molecular weight excluding hydrogens is 306 g/mol. The second-order valence-corrected chi connectivity index (χ2v) is 4.53. The Morgan fingerprint density at radius 3 is 2.14 bits per heavy atom. The Labute approximate surface area is 101 Å². The van der Waals surface area contributed by atoms with E-state index in [0.29, 0.717) is 0 Å². The van der Waals surface area contributed by atoms with Crippen LogP contribution in [-0.4, -0.2) is 13.3 Å². The molecule has 5 nitrogen and oxygen atoms in total. The molecule has 1 unspecified atom stereocenters. The van der Waals surface area contributed by atoms with E-state index in [1.807, 2.05) is 0 Å². The summed E-state index contributed by atoms with van der Waals surface area (Å²) in [5.41, 5.74) is 0. The fraction of sp³-hybridized carbons (Fsp3) is 0. The third-order valence-corrected chi connectivity index (χ3v) is 3.34. The monoisotopic (exact) mass is 311 g/mol. The summed E-state index contributed by atoms with van der Waals surface area (Å²) in [6.07, 6.45) is 0. The maximum Gasteiger partial charge on any atom is 0.712 e. The zero-order valence-electron chi connectivity index (χ0n) is 6.82. The van der Waals surface area contributed by atoms with Crippen LogP contribution in [-0.2, 0) is 44.9 Å². The van der Waals surface area contributed by atoms with Gasteiger partial charge in [-0.05, 0) is 12.1 Å². The van der Waals surface area contributed by atoms with Crippen molar-refractivity contribution in [3.63, 3.8) is 0 Å². The molecule has 1 aromatic carbocycles. The normalized spacial score (nSPS) is 11.6. The molecule has 1 aromatic rings. The van der Waals surface area contributed by atoms with Crippen molar-refractivity contribution in [3.8, 4) is 0 Å². The smallest absolute Gasteiger partial charge is 0.190 e. The van der Waals surface area contributed by atoms with Gasteiger partial charge in [-0.15, -0.1) is 4.89 Å². The van der Waals surface area contributed by atoms with E-state index in [1.165, 1.54) is 24.3 Å². The van der Waals surface area contributed by atoms with Crippen LogP contribution in [0.3, 0.4) is 0 Å². The van der Waals surface area contributed by atoms with Crippen molar-refractivity contribution in [3.05, 3.63) is 30.3 Å². The van der Waals surface area contributed by atoms with Crippen molar-refractivity contribution in [1.82, 2.24) is 0 Å². The topological polar surface area (TPSA) is 80.7 Å². The van der Waals surface area contributed by atoms with Crippen LogP contribution in [0.15, 0.2) is 35.2 Å². The predicted octanol–water partition coefficient (Wildman–Crippen LogP) is 1.04. The van der Waals surface area contributed by atoms with E-state index in [0.717, 1.165) is 0 Å². The molecule has 0 aliphatic heterocycles. The third-order valence-electron chi connectivity index (χ3n) is 1.19. The zero-order valence-corrected chi connectivity index (χ0v) is 11.0. The van der Waals surface area contributed by atoms with Crippen molar-refractivity contribution in [1.29, 1.82) is 0 Å². The maximum absolute atomic E-state index is 11.1. The summed E-state index contributed by atoms with van der Waals surface area (Å²) in [5.74, 6) is 0. The molecule has 74 valence electrons. The molecular formula is C6H6O5PSZr+. The van der Waals surface area contributed by atoms with Gasteiger partial charge in [-0.25, -0.2) is 0 Å². The van der Waals surface area contributed by atoms with Crippen LogP contribution in [0.4, 0.5) is 0 Å². The molecule has 0 aliphatic carbocycles. The van der Waals surface area contributed by atoms with Gasteiger partial charge in [0, 0.05) is 34.7 Å². The molecule has 8 heteroatoms. The van der Waals surface area contributed by atoms with Crippen molar-refractivity contribution in [2.75, 3.05) is 0 Å². The van der Waals surface area contributed by atoms with Crippen molar-refractivity contribution in [2.24, 2.45) is 0 Å². The summed E-state index contributed by atoms with van der Waals surface area (Å²) >= 11 is 0. The molecule has 14 heavy (non-hydrogen) atoms. The first-order valence-electron chi connectivity index (χ1n) is 3.18. The molecule has 0 heterocycles. The third kappa shape index (κ3) is 4.07. The van der Waals surface area contributed by atoms with Gasteiger partial charge < -0.3 is 0 Å². The standard InChI is InChI=1S/C6H5O5PS.Zr/c7-12(8)11-13(9,10)6-4-2-1-3-5-6;/h1-5H;/p+1. The van der Waals surface area contributed by atoms with Gasteiger partial charge in [-0.2, -0.15) is 8.42 Å². The van der Waals surface area contributed by atoms with Crippen LogP contribution >= 0.6 is 8.25 Å². The van der Waals surface area contributed by atoms with Crippen LogP contribution in [0.5, 0.6) is 0 Å². The van der Waals surface area contributed by atoms with Crippen LogP contribution in [0.25, 0.3) is 0 Å². The summed E-state index contributed by atoms with van der Waals surface area (Å²) in [6.45, 7) is 0. The van der Waals surface area contributed by atoms with Gasteiger partial charge in [-0.3, -0.25) is 0 Å². The minimum atomic E-state index is -4.09. The Hall–Kier alpha value is 0.0731. The van der Waals surface area contributed by atoms with E-state index in [9.17, 15) is 13.0 Å². The van der Waals surface area contributed by atoms with Crippen molar-refractivity contribution >= 4 is 18.4 Å². The van der Waals surface area contributed by atoms with E-state index >= 15 is 0 Å². The Morgan fingerprint density at radius 1 is 1.21 bits per heavy atom. The van der Waals surface area contributed by atoms with Crippen LogP contribution in [0, 0.1) is 0 Å². The molecule has 0 amide bonds. The maximum atomic E-state index is 11.1. The van der Waals surface area contributed by atoms with Crippen LogP contribution in [0.2, 0.25) is 0 Å². The first-order chi connectivity index (χ1) is 6.02. The molecule has 0 saturated heterocycles. The van der Waals surface area contributed by atoms with E-state index in [4.69, 9.17) is 4.89 Å². The molecule has 0 radical (unpaired) electrons. The van der Waals surface area contributed by atoms with Crippen LogP contribution in [0.1, 0.15) is 0 Å². The Kier molecular flexibility index (Phi) is 5.86. The number of hydrogen-bond donors (Lipinski definition) is 1. The second kappa shape index (κ2) is 5.83. The first-order valence-corrected chi connectivity index (χ1v) is 5.72. The van der Waals surface area contributed by atoms with Crippen LogP contribution < -0.4 is 0 Å². The predicted molar refractivity (Wildman–Crippen MR) is 44.5 cm³/mol. The summed E-state index contributed by atoms with van der Waals surface area (Å²) < 4.78 is 36.1. The minimum Gasteiger partial charge on any atom is -0.190 e. The molecule has 0 aliphatic rings. The fourth-order valence-electron chi connectivity index (χ4n) is 0.714. The van der Waals surface area contributed by atoms with Gasteiger partial charge in [0.2, 0.25) is 0 Å². The van der Waals surface area contributed by atoms with Crippen molar-refractivity contribution < 1.29 is 48.0 Å². The van der Waals surface area contributed by atoms with Crippen molar-refractivity contribution in [2.45, 2.75) is 4.90 Å². The molecule has 0 fully saturated rings. The minimum absolute atomic E-state index is 0. The number of rotatable bonds is 3. The molecule has 1 atom stereocenters. The Morgan fingerprint density at radius 2 is 1.71 bits per heavy atom. The Bertz CT molecular complexity index is 403. The fourth-order valence-corrected chi connectivity index (χ4v) is 2.22. The van der Waals surface area contributed by atoms with Gasteiger partial charge in [0.15, 0.2) is 0 Å². The summed E-state index contributed by atoms with van der Waals surface area (Å²) in [7, 11) is -7.24. The summed E-state index contributed by atoms with van der Waals surface area (Å²) in [4.78, 5) is 8.11. The average molecular weight is 312 g/mol. The summed E-state index contributed by atoms with van der Waals surface area (Å²) in [5, 5.41) is 0. The van der Waals surface area contributed by atoms with E-state index in [1.54, 1.807) is 6.07 Å². The quantitative estimate of drug-likeness (QED) is 0.844.